The molecule has 1 aliphatic heterocycles. The summed E-state index contributed by atoms with van der Waals surface area (Å²) in [6.07, 6.45) is 3.41. The van der Waals surface area contributed by atoms with Crippen molar-refractivity contribution in [3.63, 3.8) is 0 Å². The zero-order chi connectivity index (χ0) is 25.5. The number of benzene rings is 2. The molecule has 35 heavy (non-hydrogen) atoms. The highest BCUT2D eigenvalue weighted by molar-refractivity contribution is 5.97. The molecule has 1 saturated heterocycles. The average molecular weight is 476 g/mol. The molecule has 1 fully saturated rings. The molecule has 0 radical (unpaired) electrons. The molecule has 3 atom stereocenters. The molecule has 0 bridgehead atoms. The average Bonchev–Trinajstić information content (AvgIpc) is 3.18. The number of amides is 1. The summed E-state index contributed by atoms with van der Waals surface area (Å²) < 4.78 is 13.3. The molecular weight excluding hydrogens is 441 g/mol. The summed E-state index contributed by atoms with van der Waals surface area (Å²) in [5.41, 5.74) is 3.52. The number of para-hydroxylation sites is 1. The van der Waals surface area contributed by atoms with E-state index in [1.165, 1.54) is 12.1 Å². The number of carbonyl (C=O) groups excluding carboxylic acids is 1. The van der Waals surface area contributed by atoms with E-state index in [4.69, 9.17) is 0 Å². The van der Waals surface area contributed by atoms with Crippen LogP contribution in [-0.2, 0) is 4.79 Å². The third-order valence-corrected chi connectivity index (χ3v) is 6.53. The number of carbonyl (C=O) groups is 1. The fourth-order valence-electron chi connectivity index (χ4n) is 4.55. The summed E-state index contributed by atoms with van der Waals surface area (Å²) in [6, 6.07) is 14.6. The minimum absolute atomic E-state index is 0.0105. The number of anilines is 1. The molecule has 1 aliphatic rings. The Morgan fingerprint density at radius 3 is 2.43 bits per heavy atom. The first-order chi connectivity index (χ1) is 16.7. The first-order valence-corrected chi connectivity index (χ1v) is 12.0. The fourth-order valence-corrected chi connectivity index (χ4v) is 4.55. The largest absolute Gasteiger partial charge is 0.508 e. The summed E-state index contributed by atoms with van der Waals surface area (Å²) in [5.74, 6) is -0.596. The standard InChI is InChI=1S/C30H34FNO3/c1-5-20(2)17-21(3)18-28(34)22(4)30-24(13-16-27(33)23-11-14-25(31)15-12-23)19-29(35)32(30)26-9-7-6-8-10-26/h6-12,14-15,18,24,27,30,33-34H,2-5,13,16-17,19H2,1H3/b28-18+. The molecule has 0 saturated carbocycles. The van der Waals surface area contributed by atoms with Gasteiger partial charge in [0.05, 0.1) is 12.1 Å². The minimum Gasteiger partial charge on any atom is -0.508 e. The Hall–Kier alpha value is -3.44. The molecule has 3 rings (SSSR count). The van der Waals surface area contributed by atoms with E-state index in [2.05, 4.69) is 19.7 Å². The maximum Gasteiger partial charge on any atom is 0.227 e. The van der Waals surface area contributed by atoms with Crippen LogP contribution in [-0.4, -0.2) is 22.2 Å². The van der Waals surface area contributed by atoms with Gasteiger partial charge in [0, 0.05) is 17.7 Å². The topological polar surface area (TPSA) is 60.8 Å². The van der Waals surface area contributed by atoms with Crippen LogP contribution in [0.15, 0.2) is 103 Å². The number of hydrogen-bond acceptors (Lipinski definition) is 3. The Bertz CT molecular complexity index is 1100. The van der Waals surface area contributed by atoms with Crippen molar-refractivity contribution in [1.29, 1.82) is 0 Å². The van der Waals surface area contributed by atoms with Crippen LogP contribution >= 0.6 is 0 Å². The van der Waals surface area contributed by atoms with Crippen molar-refractivity contribution in [2.75, 3.05) is 4.90 Å². The zero-order valence-corrected chi connectivity index (χ0v) is 20.3. The van der Waals surface area contributed by atoms with Gasteiger partial charge in [0.15, 0.2) is 0 Å². The quantitative estimate of drug-likeness (QED) is 0.210. The van der Waals surface area contributed by atoms with Crippen molar-refractivity contribution < 1.29 is 19.4 Å². The molecule has 0 aromatic heterocycles. The Labute approximate surface area is 207 Å². The van der Waals surface area contributed by atoms with Crippen molar-refractivity contribution in [3.05, 3.63) is 114 Å². The van der Waals surface area contributed by atoms with Gasteiger partial charge in [-0.25, -0.2) is 4.39 Å². The number of aliphatic hydroxyl groups is 2. The molecule has 1 heterocycles. The molecular formula is C30H34FNO3. The van der Waals surface area contributed by atoms with Gasteiger partial charge in [0.25, 0.3) is 0 Å². The van der Waals surface area contributed by atoms with Crippen molar-refractivity contribution in [1.82, 2.24) is 0 Å². The van der Waals surface area contributed by atoms with E-state index in [-0.39, 0.29) is 29.8 Å². The molecule has 184 valence electrons. The molecule has 0 spiro atoms. The Balaban J connectivity index is 1.84. The molecule has 2 N–H and O–H groups in total. The van der Waals surface area contributed by atoms with E-state index >= 15 is 0 Å². The highest BCUT2D eigenvalue weighted by atomic mass is 19.1. The first kappa shape index (κ1) is 26.2. The summed E-state index contributed by atoms with van der Waals surface area (Å²) in [7, 11) is 0. The summed E-state index contributed by atoms with van der Waals surface area (Å²) in [4.78, 5) is 14.8. The lowest BCUT2D eigenvalue weighted by atomic mass is 9.87. The predicted molar refractivity (Wildman–Crippen MR) is 139 cm³/mol. The summed E-state index contributed by atoms with van der Waals surface area (Å²) in [5, 5.41) is 21.6. The molecule has 2 aromatic rings. The van der Waals surface area contributed by atoms with Crippen LogP contribution in [0.25, 0.3) is 0 Å². The number of nitrogens with zero attached hydrogens (tertiary/aromatic N) is 1. The lowest BCUT2D eigenvalue weighted by Gasteiger charge is -2.30. The van der Waals surface area contributed by atoms with Crippen LogP contribution < -0.4 is 4.90 Å². The number of allylic oxidation sites excluding steroid dienone is 3. The third-order valence-electron chi connectivity index (χ3n) is 6.53. The normalized spacial score (nSPS) is 19.0. The van der Waals surface area contributed by atoms with Gasteiger partial charge in [0.2, 0.25) is 5.91 Å². The Morgan fingerprint density at radius 1 is 1.14 bits per heavy atom. The van der Waals surface area contributed by atoms with Crippen molar-refractivity contribution in [3.8, 4) is 0 Å². The Kier molecular flexibility index (Phi) is 8.83. The van der Waals surface area contributed by atoms with Gasteiger partial charge in [0.1, 0.15) is 11.6 Å². The van der Waals surface area contributed by atoms with Crippen molar-refractivity contribution in [2.24, 2.45) is 5.92 Å². The monoisotopic (exact) mass is 475 g/mol. The highest BCUT2D eigenvalue weighted by Crippen LogP contribution is 2.39. The van der Waals surface area contributed by atoms with Crippen LogP contribution in [0.5, 0.6) is 0 Å². The van der Waals surface area contributed by atoms with Gasteiger partial charge in [-0.15, -0.1) is 0 Å². The second kappa shape index (κ2) is 11.8. The maximum absolute atomic E-state index is 13.3. The maximum atomic E-state index is 13.3. The highest BCUT2D eigenvalue weighted by Gasteiger charge is 2.42. The summed E-state index contributed by atoms with van der Waals surface area (Å²) in [6.45, 7) is 14.2. The summed E-state index contributed by atoms with van der Waals surface area (Å²) >= 11 is 0. The molecule has 5 heteroatoms. The van der Waals surface area contributed by atoms with Gasteiger partial charge >= 0.3 is 0 Å². The van der Waals surface area contributed by atoms with Crippen molar-refractivity contribution >= 4 is 11.6 Å². The molecule has 4 nitrogen and oxygen atoms in total. The second-order valence-corrected chi connectivity index (χ2v) is 9.15. The van der Waals surface area contributed by atoms with Gasteiger partial charge in [-0.2, -0.15) is 0 Å². The number of aliphatic hydroxyl groups excluding tert-OH is 2. The number of halogens is 1. The van der Waals surface area contributed by atoms with Gasteiger partial charge in [-0.3, -0.25) is 4.79 Å². The van der Waals surface area contributed by atoms with Crippen LogP contribution in [0, 0.1) is 11.7 Å². The van der Waals surface area contributed by atoms with E-state index in [1.54, 1.807) is 23.1 Å². The lowest BCUT2D eigenvalue weighted by molar-refractivity contribution is -0.117. The van der Waals surface area contributed by atoms with E-state index in [0.717, 1.165) is 23.3 Å². The SMILES string of the molecule is C=C(/C=C(/O)C(=C)C1C(CCC(O)c2ccc(F)cc2)CC(=O)N1c1ccccc1)CC(=C)CC. The van der Waals surface area contributed by atoms with Crippen molar-refractivity contribution in [2.45, 2.75) is 51.2 Å². The van der Waals surface area contributed by atoms with Crippen LogP contribution in [0.1, 0.15) is 50.7 Å². The molecule has 3 unspecified atom stereocenters. The predicted octanol–water partition coefficient (Wildman–Crippen LogP) is 6.97. The number of rotatable bonds is 11. The molecule has 0 aliphatic carbocycles. The van der Waals surface area contributed by atoms with Crippen LogP contribution in [0.3, 0.4) is 0 Å². The first-order valence-electron chi connectivity index (χ1n) is 12.0. The minimum atomic E-state index is -0.783. The fraction of sp³-hybridized carbons (Fsp3) is 0.300. The molecule has 2 aromatic carbocycles. The van der Waals surface area contributed by atoms with Gasteiger partial charge in [-0.05, 0) is 73.1 Å². The van der Waals surface area contributed by atoms with E-state index in [0.29, 0.717) is 30.4 Å². The Morgan fingerprint density at radius 2 is 1.80 bits per heavy atom. The van der Waals surface area contributed by atoms with E-state index in [9.17, 15) is 19.4 Å². The second-order valence-electron chi connectivity index (χ2n) is 9.15. The van der Waals surface area contributed by atoms with Gasteiger partial charge in [-0.1, -0.05) is 62.6 Å². The van der Waals surface area contributed by atoms with E-state index < -0.39 is 12.1 Å². The van der Waals surface area contributed by atoms with Crippen LogP contribution in [0.2, 0.25) is 0 Å². The van der Waals surface area contributed by atoms with Crippen LogP contribution in [0.4, 0.5) is 10.1 Å². The smallest absolute Gasteiger partial charge is 0.227 e. The molecule has 1 amide bonds. The number of hydrogen-bond donors (Lipinski definition) is 2. The van der Waals surface area contributed by atoms with Gasteiger partial charge < -0.3 is 15.1 Å². The third kappa shape index (κ3) is 6.58. The lowest BCUT2D eigenvalue weighted by Crippen LogP contribution is -2.37. The zero-order valence-electron chi connectivity index (χ0n) is 20.3. The van der Waals surface area contributed by atoms with E-state index in [1.807, 2.05) is 37.3 Å².